The van der Waals surface area contributed by atoms with Gasteiger partial charge >= 0.3 is 0 Å². The van der Waals surface area contributed by atoms with Crippen molar-refractivity contribution >= 4 is 12.0 Å². The summed E-state index contributed by atoms with van der Waals surface area (Å²) >= 11 is 0. The number of carbonyl (C=O) groups is 1. The van der Waals surface area contributed by atoms with Crippen molar-refractivity contribution in [2.75, 3.05) is 13.1 Å². The lowest BCUT2D eigenvalue weighted by atomic mass is 9.89. The molecule has 1 aromatic carbocycles. The van der Waals surface area contributed by atoms with E-state index in [1.165, 1.54) is 5.56 Å². The Balaban J connectivity index is 1.57. The number of amides is 1. The molecule has 1 aliphatic rings. The molecule has 1 fully saturated rings. The summed E-state index contributed by atoms with van der Waals surface area (Å²) in [5.41, 5.74) is 1.17. The molecule has 132 valence electrons. The number of aryl methyl sites for hydroxylation is 1. The number of hydrogen-bond acceptors (Lipinski definition) is 5. The van der Waals surface area contributed by atoms with Crippen LogP contribution in [0.1, 0.15) is 34.9 Å². The summed E-state index contributed by atoms with van der Waals surface area (Å²) in [7, 11) is 0. The molecular formula is C20H19N3O3. The number of furan rings is 1. The third-order valence-corrected chi connectivity index (χ3v) is 4.65. The van der Waals surface area contributed by atoms with E-state index >= 15 is 0 Å². The van der Waals surface area contributed by atoms with Crippen molar-refractivity contribution in [2.45, 2.75) is 18.8 Å². The minimum absolute atomic E-state index is 0.0143. The number of benzene rings is 1. The Bertz CT molecular complexity index is 900. The van der Waals surface area contributed by atoms with Gasteiger partial charge in [-0.2, -0.15) is 4.98 Å². The van der Waals surface area contributed by atoms with Crippen molar-refractivity contribution in [1.29, 1.82) is 0 Å². The Morgan fingerprint density at radius 1 is 1.15 bits per heavy atom. The third kappa shape index (κ3) is 3.31. The molecule has 1 amide bonds. The van der Waals surface area contributed by atoms with Gasteiger partial charge in [-0.3, -0.25) is 4.79 Å². The minimum Gasteiger partial charge on any atom is -0.465 e. The van der Waals surface area contributed by atoms with Crippen LogP contribution in [0.5, 0.6) is 0 Å². The lowest BCUT2D eigenvalue weighted by molar-refractivity contribution is -0.125. The Morgan fingerprint density at radius 3 is 2.65 bits per heavy atom. The van der Waals surface area contributed by atoms with Crippen molar-refractivity contribution < 1.29 is 13.7 Å². The van der Waals surface area contributed by atoms with Gasteiger partial charge in [0.15, 0.2) is 5.82 Å². The molecule has 0 spiro atoms. The van der Waals surface area contributed by atoms with E-state index in [9.17, 15) is 4.79 Å². The maximum atomic E-state index is 12.6. The van der Waals surface area contributed by atoms with E-state index in [4.69, 9.17) is 8.94 Å². The minimum atomic E-state index is -0.0546. The van der Waals surface area contributed by atoms with Crippen LogP contribution in [0.25, 0.3) is 6.08 Å². The number of likely N-dealkylation sites (tertiary alicyclic amines) is 1. The zero-order chi connectivity index (χ0) is 17.9. The first-order valence-electron chi connectivity index (χ1n) is 8.56. The average molecular weight is 349 g/mol. The first kappa shape index (κ1) is 16.3. The smallest absolute Gasteiger partial charge is 0.246 e. The number of nitrogens with zero attached hydrogens (tertiary/aromatic N) is 3. The quantitative estimate of drug-likeness (QED) is 0.675. The van der Waals surface area contributed by atoms with Crippen LogP contribution in [0, 0.1) is 6.92 Å². The van der Waals surface area contributed by atoms with Gasteiger partial charge in [-0.15, -0.1) is 0 Å². The lowest BCUT2D eigenvalue weighted by Crippen LogP contribution is -2.26. The number of hydrogen-bond donors (Lipinski definition) is 0. The van der Waals surface area contributed by atoms with E-state index in [1.54, 1.807) is 31.4 Å². The Kier molecular flexibility index (Phi) is 4.39. The molecule has 2 aromatic heterocycles. The van der Waals surface area contributed by atoms with Crippen LogP contribution in [-0.4, -0.2) is 34.0 Å². The fourth-order valence-electron chi connectivity index (χ4n) is 3.38. The summed E-state index contributed by atoms with van der Waals surface area (Å²) in [4.78, 5) is 18.9. The number of rotatable bonds is 4. The predicted octanol–water partition coefficient (Wildman–Crippen LogP) is 3.39. The lowest BCUT2D eigenvalue weighted by Gasteiger charge is -2.15. The van der Waals surface area contributed by atoms with Gasteiger partial charge in [0.2, 0.25) is 11.8 Å². The van der Waals surface area contributed by atoms with Gasteiger partial charge in [0.25, 0.3) is 0 Å². The van der Waals surface area contributed by atoms with Crippen molar-refractivity contribution in [3.05, 3.63) is 77.8 Å². The van der Waals surface area contributed by atoms with Gasteiger partial charge in [0.1, 0.15) is 5.76 Å². The number of aromatic nitrogens is 2. The van der Waals surface area contributed by atoms with Crippen LogP contribution in [0.3, 0.4) is 0 Å². The molecule has 3 aromatic rings. The van der Waals surface area contributed by atoms with Crippen LogP contribution in [0.2, 0.25) is 0 Å². The molecule has 6 nitrogen and oxygen atoms in total. The van der Waals surface area contributed by atoms with Crippen molar-refractivity contribution in [2.24, 2.45) is 0 Å². The largest absolute Gasteiger partial charge is 0.465 e. The summed E-state index contributed by atoms with van der Waals surface area (Å²) in [6, 6.07) is 13.8. The average Bonchev–Trinajstić information content (AvgIpc) is 3.40. The van der Waals surface area contributed by atoms with Crippen LogP contribution >= 0.6 is 0 Å². The second-order valence-electron chi connectivity index (χ2n) is 6.40. The molecule has 2 atom stereocenters. The first-order valence-corrected chi connectivity index (χ1v) is 8.56. The van der Waals surface area contributed by atoms with Gasteiger partial charge in [0, 0.05) is 25.1 Å². The van der Waals surface area contributed by atoms with Gasteiger partial charge in [0.05, 0.1) is 12.2 Å². The topological polar surface area (TPSA) is 72.4 Å². The van der Waals surface area contributed by atoms with Gasteiger partial charge in [-0.05, 0) is 30.7 Å². The fraction of sp³-hybridized carbons (Fsp3) is 0.250. The van der Waals surface area contributed by atoms with Crippen LogP contribution in [0.15, 0.2) is 63.7 Å². The second-order valence-corrected chi connectivity index (χ2v) is 6.40. The summed E-state index contributed by atoms with van der Waals surface area (Å²) < 4.78 is 10.7. The highest BCUT2D eigenvalue weighted by Crippen LogP contribution is 2.39. The van der Waals surface area contributed by atoms with E-state index in [2.05, 4.69) is 22.3 Å². The molecule has 0 radical (unpaired) electrons. The molecule has 6 heteroatoms. The van der Waals surface area contributed by atoms with E-state index in [0.717, 1.165) is 0 Å². The highest BCUT2D eigenvalue weighted by Gasteiger charge is 2.39. The normalized spacial score (nSPS) is 20.1. The van der Waals surface area contributed by atoms with Crippen molar-refractivity contribution in [3.8, 4) is 0 Å². The first-order chi connectivity index (χ1) is 12.7. The summed E-state index contributed by atoms with van der Waals surface area (Å²) in [5, 5.41) is 3.91. The van der Waals surface area contributed by atoms with E-state index in [-0.39, 0.29) is 17.7 Å². The monoisotopic (exact) mass is 349 g/mol. The molecule has 1 aliphatic heterocycles. The molecule has 1 saturated heterocycles. The molecule has 4 rings (SSSR count). The Labute approximate surface area is 151 Å². The molecule has 0 saturated carbocycles. The zero-order valence-corrected chi connectivity index (χ0v) is 14.4. The van der Waals surface area contributed by atoms with E-state index in [1.807, 2.05) is 29.2 Å². The van der Waals surface area contributed by atoms with Gasteiger partial charge < -0.3 is 13.8 Å². The van der Waals surface area contributed by atoms with E-state index < -0.39 is 0 Å². The maximum absolute atomic E-state index is 12.6. The van der Waals surface area contributed by atoms with Crippen LogP contribution < -0.4 is 0 Å². The molecule has 26 heavy (non-hydrogen) atoms. The van der Waals surface area contributed by atoms with E-state index in [0.29, 0.717) is 30.6 Å². The number of carbonyl (C=O) groups excluding carboxylic acids is 1. The Morgan fingerprint density at radius 2 is 1.96 bits per heavy atom. The second kappa shape index (κ2) is 7.00. The standard InChI is InChI=1S/C20H19N3O3/c1-14-21-20(26-22-14)18-13-23(12-17(18)15-6-3-2-4-7-15)19(24)10-9-16-8-5-11-25-16/h2-11,17-18H,12-13H2,1H3/b10-9+/t17-,18+/m0/s1. The van der Waals surface area contributed by atoms with Gasteiger partial charge in [-0.1, -0.05) is 35.5 Å². The highest BCUT2D eigenvalue weighted by molar-refractivity contribution is 5.91. The third-order valence-electron chi connectivity index (χ3n) is 4.65. The molecule has 3 heterocycles. The van der Waals surface area contributed by atoms with Crippen LogP contribution in [0.4, 0.5) is 0 Å². The molecular weight excluding hydrogens is 330 g/mol. The summed E-state index contributed by atoms with van der Waals surface area (Å²) in [5.74, 6) is 1.90. The zero-order valence-electron chi connectivity index (χ0n) is 14.4. The molecule has 0 N–H and O–H groups in total. The van der Waals surface area contributed by atoms with Crippen LogP contribution in [-0.2, 0) is 4.79 Å². The molecule has 0 aliphatic carbocycles. The van der Waals surface area contributed by atoms with Crippen molar-refractivity contribution in [1.82, 2.24) is 15.0 Å². The molecule has 0 bridgehead atoms. The van der Waals surface area contributed by atoms with Gasteiger partial charge in [-0.25, -0.2) is 0 Å². The summed E-state index contributed by atoms with van der Waals surface area (Å²) in [6.07, 6.45) is 4.81. The van der Waals surface area contributed by atoms with Crippen molar-refractivity contribution in [3.63, 3.8) is 0 Å². The maximum Gasteiger partial charge on any atom is 0.246 e. The summed E-state index contributed by atoms with van der Waals surface area (Å²) in [6.45, 7) is 2.95. The SMILES string of the molecule is Cc1noc([C@@H]2CN(C(=O)/C=C/c3ccco3)C[C@H]2c2ccccc2)n1. The Hall–Kier alpha value is -3.15. The predicted molar refractivity (Wildman–Crippen MR) is 95.3 cm³/mol. The molecule has 0 unspecified atom stereocenters. The highest BCUT2D eigenvalue weighted by atomic mass is 16.5. The fourth-order valence-corrected chi connectivity index (χ4v) is 3.38.